The lowest BCUT2D eigenvalue weighted by molar-refractivity contribution is 0.0272. The molecule has 1 fully saturated rings. The van der Waals surface area contributed by atoms with Crippen LogP contribution in [0.3, 0.4) is 0 Å². The van der Waals surface area contributed by atoms with E-state index < -0.39 is 0 Å². The SMILES string of the molecule is CCn1cc(C(=O)N[C@@H]2CCC[C@H]2OCc2ccccc2)c(C)n1. The summed E-state index contributed by atoms with van der Waals surface area (Å²) in [4.78, 5) is 12.6. The van der Waals surface area contributed by atoms with Crippen LogP contribution in [-0.4, -0.2) is 27.8 Å². The standard InChI is InChI=1S/C19H25N3O2/c1-3-22-12-16(14(2)21-22)19(23)20-17-10-7-11-18(17)24-13-15-8-5-4-6-9-15/h4-6,8-9,12,17-18H,3,7,10-11,13H2,1-2H3,(H,20,23)/t17-,18-/m1/s1. The van der Waals surface area contributed by atoms with Crippen molar-refractivity contribution in [1.29, 1.82) is 0 Å². The molecule has 0 unspecified atom stereocenters. The molecule has 5 nitrogen and oxygen atoms in total. The monoisotopic (exact) mass is 327 g/mol. The van der Waals surface area contributed by atoms with Crippen LogP contribution in [0.15, 0.2) is 36.5 Å². The number of aryl methyl sites for hydroxylation is 2. The van der Waals surface area contributed by atoms with E-state index >= 15 is 0 Å². The average molecular weight is 327 g/mol. The third-order valence-electron chi connectivity index (χ3n) is 4.59. The van der Waals surface area contributed by atoms with Gasteiger partial charge in [-0.1, -0.05) is 30.3 Å². The van der Waals surface area contributed by atoms with Gasteiger partial charge in [0.15, 0.2) is 0 Å². The molecule has 1 N–H and O–H groups in total. The number of rotatable bonds is 6. The molecule has 0 bridgehead atoms. The zero-order chi connectivity index (χ0) is 16.9. The number of nitrogens with one attached hydrogen (secondary N) is 1. The summed E-state index contributed by atoms with van der Waals surface area (Å²) in [6, 6.07) is 10.2. The topological polar surface area (TPSA) is 56.2 Å². The molecule has 5 heteroatoms. The van der Waals surface area contributed by atoms with E-state index in [-0.39, 0.29) is 18.1 Å². The first-order chi connectivity index (χ1) is 11.7. The van der Waals surface area contributed by atoms with E-state index in [1.807, 2.05) is 38.2 Å². The summed E-state index contributed by atoms with van der Waals surface area (Å²) in [6.45, 7) is 5.24. The fourth-order valence-corrected chi connectivity index (χ4v) is 3.22. The Balaban J connectivity index is 1.59. The predicted molar refractivity (Wildman–Crippen MR) is 92.8 cm³/mol. The maximum absolute atomic E-state index is 12.6. The van der Waals surface area contributed by atoms with Crippen molar-refractivity contribution < 1.29 is 9.53 Å². The Morgan fingerprint density at radius 1 is 1.33 bits per heavy atom. The van der Waals surface area contributed by atoms with E-state index in [0.29, 0.717) is 12.2 Å². The van der Waals surface area contributed by atoms with Crippen molar-refractivity contribution in [3.8, 4) is 0 Å². The second-order valence-corrected chi connectivity index (χ2v) is 6.33. The quantitative estimate of drug-likeness (QED) is 0.887. The fraction of sp³-hybridized carbons (Fsp3) is 0.474. The van der Waals surface area contributed by atoms with E-state index in [4.69, 9.17) is 4.74 Å². The summed E-state index contributed by atoms with van der Waals surface area (Å²) in [5.74, 6) is -0.0487. The maximum atomic E-state index is 12.6. The molecule has 1 amide bonds. The number of aromatic nitrogens is 2. The molecular weight excluding hydrogens is 302 g/mol. The van der Waals surface area contributed by atoms with Crippen LogP contribution in [-0.2, 0) is 17.9 Å². The molecular formula is C19H25N3O2. The van der Waals surface area contributed by atoms with Gasteiger partial charge in [-0.15, -0.1) is 0 Å². The minimum Gasteiger partial charge on any atom is -0.371 e. The van der Waals surface area contributed by atoms with Crippen molar-refractivity contribution in [1.82, 2.24) is 15.1 Å². The Morgan fingerprint density at radius 3 is 2.83 bits per heavy atom. The number of ether oxygens (including phenoxy) is 1. The molecule has 1 heterocycles. The van der Waals surface area contributed by atoms with Gasteiger partial charge in [0.25, 0.3) is 5.91 Å². The third-order valence-corrected chi connectivity index (χ3v) is 4.59. The minimum atomic E-state index is -0.0487. The number of carbonyl (C=O) groups excluding carboxylic acids is 1. The van der Waals surface area contributed by atoms with Gasteiger partial charge in [-0.25, -0.2) is 0 Å². The molecule has 1 aromatic heterocycles. The Bertz CT molecular complexity index is 681. The molecule has 1 aliphatic carbocycles. The number of carbonyl (C=O) groups is 1. The number of hydrogen-bond acceptors (Lipinski definition) is 3. The Labute approximate surface area is 143 Å². The Kier molecular flexibility index (Phi) is 5.30. The van der Waals surface area contributed by atoms with Crippen LogP contribution < -0.4 is 5.32 Å². The van der Waals surface area contributed by atoms with Gasteiger partial charge in [0.2, 0.25) is 0 Å². The van der Waals surface area contributed by atoms with Crippen LogP contribution in [0.25, 0.3) is 0 Å². The molecule has 2 aromatic rings. The van der Waals surface area contributed by atoms with Gasteiger partial charge in [0, 0.05) is 12.7 Å². The summed E-state index contributed by atoms with van der Waals surface area (Å²) >= 11 is 0. The molecule has 1 saturated carbocycles. The summed E-state index contributed by atoms with van der Waals surface area (Å²) in [7, 11) is 0. The highest BCUT2D eigenvalue weighted by Crippen LogP contribution is 2.24. The highest BCUT2D eigenvalue weighted by Gasteiger charge is 2.30. The summed E-state index contributed by atoms with van der Waals surface area (Å²) in [5, 5.41) is 7.49. The van der Waals surface area contributed by atoms with Gasteiger partial charge in [-0.3, -0.25) is 9.48 Å². The second kappa shape index (κ2) is 7.62. The molecule has 3 rings (SSSR count). The van der Waals surface area contributed by atoms with Crippen molar-refractivity contribution in [3.63, 3.8) is 0 Å². The van der Waals surface area contributed by atoms with Crippen LogP contribution in [0.1, 0.15) is 47.8 Å². The molecule has 128 valence electrons. The van der Waals surface area contributed by atoms with Crippen molar-refractivity contribution >= 4 is 5.91 Å². The van der Waals surface area contributed by atoms with Crippen molar-refractivity contribution in [3.05, 3.63) is 53.3 Å². The Morgan fingerprint density at radius 2 is 2.12 bits per heavy atom. The van der Waals surface area contributed by atoms with Gasteiger partial charge in [-0.2, -0.15) is 5.10 Å². The second-order valence-electron chi connectivity index (χ2n) is 6.33. The third kappa shape index (κ3) is 3.85. The smallest absolute Gasteiger partial charge is 0.255 e. The molecule has 0 saturated heterocycles. The zero-order valence-corrected chi connectivity index (χ0v) is 14.4. The molecule has 0 spiro atoms. The highest BCUT2D eigenvalue weighted by molar-refractivity contribution is 5.95. The van der Waals surface area contributed by atoms with Crippen LogP contribution >= 0.6 is 0 Å². The molecule has 0 radical (unpaired) electrons. The first kappa shape index (κ1) is 16.7. The highest BCUT2D eigenvalue weighted by atomic mass is 16.5. The van der Waals surface area contributed by atoms with Crippen LogP contribution in [0.2, 0.25) is 0 Å². The van der Waals surface area contributed by atoms with Crippen molar-refractivity contribution in [2.24, 2.45) is 0 Å². The molecule has 2 atom stereocenters. The zero-order valence-electron chi connectivity index (χ0n) is 14.4. The molecule has 24 heavy (non-hydrogen) atoms. The summed E-state index contributed by atoms with van der Waals surface area (Å²) < 4.78 is 7.85. The van der Waals surface area contributed by atoms with Gasteiger partial charge in [-0.05, 0) is 38.7 Å². The van der Waals surface area contributed by atoms with Crippen molar-refractivity contribution in [2.45, 2.75) is 58.4 Å². The lowest BCUT2D eigenvalue weighted by Crippen LogP contribution is -2.41. The van der Waals surface area contributed by atoms with Crippen LogP contribution in [0.5, 0.6) is 0 Å². The first-order valence-corrected chi connectivity index (χ1v) is 8.68. The van der Waals surface area contributed by atoms with Gasteiger partial charge in [0.05, 0.1) is 30.0 Å². The van der Waals surface area contributed by atoms with Crippen molar-refractivity contribution in [2.75, 3.05) is 0 Å². The van der Waals surface area contributed by atoms with Crippen LogP contribution in [0, 0.1) is 6.92 Å². The van der Waals surface area contributed by atoms with E-state index in [2.05, 4.69) is 22.5 Å². The number of nitrogens with zero attached hydrogens (tertiary/aromatic N) is 2. The first-order valence-electron chi connectivity index (χ1n) is 8.68. The lowest BCUT2D eigenvalue weighted by Gasteiger charge is -2.21. The molecule has 1 aliphatic rings. The molecule has 1 aromatic carbocycles. The maximum Gasteiger partial charge on any atom is 0.255 e. The van der Waals surface area contributed by atoms with Crippen LogP contribution in [0.4, 0.5) is 0 Å². The van der Waals surface area contributed by atoms with E-state index in [0.717, 1.165) is 37.1 Å². The summed E-state index contributed by atoms with van der Waals surface area (Å²) in [5.41, 5.74) is 2.59. The van der Waals surface area contributed by atoms with E-state index in [1.165, 1.54) is 0 Å². The van der Waals surface area contributed by atoms with Gasteiger partial charge >= 0.3 is 0 Å². The van der Waals surface area contributed by atoms with Gasteiger partial charge in [0.1, 0.15) is 0 Å². The average Bonchev–Trinajstić information content (AvgIpc) is 3.20. The fourth-order valence-electron chi connectivity index (χ4n) is 3.22. The Hall–Kier alpha value is -2.14. The number of hydrogen-bond donors (Lipinski definition) is 1. The number of benzene rings is 1. The number of amides is 1. The largest absolute Gasteiger partial charge is 0.371 e. The predicted octanol–water partition coefficient (Wildman–Crippen LogP) is 3.08. The molecule has 0 aliphatic heterocycles. The van der Waals surface area contributed by atoms with E-state index in [1.54, 1.807) is 4.68 Å². The normalized spacial score (nSPS) is 20.2. The minimum absolute atomic E-state index is 0.0487. The van der Waals surface area contributed by atoms with E-state index in [9.17, 15) is 4.79 Å². The summed E-state index contributed by atoms with van der Waals surface area (Å²) in [6.07, 6.45) is 4.93. The van der Waals surface area contributed by atoms with Gasteiger partial charge < -0.3 is 10.1 Å². The lowest BCUT2D eigenvalue weighted by atomic mass is 10.1.